The van der Waals surface area contributed by atoms with E-state index < -0.39 is 0 Å². The van der Waals surface area contributed by atoms with Gasteiger partial charge in [-0.05, 0) is 12.8 Å². The summed E-state index contributed by atoms with van der Waals surface area (Å²) in [7, 11) is 3.50. The summed E-state index contributed by atoms with van der Waals surface area (Å²) in [6.07, 6.45) is 3.95. The van der Waals surface area contributed by atoms with Gasteiger partial charge in [0.15, 0.2) is 0 Å². The van der Waals surface area contributed by atoms with Crippen molar-refractivity contribution >= 4 is 11.6 Å². The van der Waals surface area contributed by atoms with Crippen molar-refractivity contribution in [1.82, 2.24) is 15.0 Å². The predicted molar refractivity (Wildman–Crippen MR) is 66.4 cm³/mol. The molecular weight excluding hydrogens is 218 g/mol. The zero-order valence-electron chi connectivity index (χ0n) is 10.4. The summed E-state index contributed by atoms with van der Waals surface area (Å²) < 4.78 is 0. The van der Waals surface area contributed by atoms with Crippen LogP contribution in [0.5, 0.6) is 0 Å². The summed E-state index contributed by atoms with van der Waals surface area (Å²) in [4.78, 5) is 15.8. The molecule has 1 aromatic rings. The van der Waals surface area contributed by atoms with E-state index in [4.69, 9.17) is 10.6 Å². The molecule has 1 aliphatic heterocycles. The van der Waals surface area contributed by atoms with Crippen molar-refractivity contribution in [2.45, 2.75) is 19.4 Å². The molecule has 0 radical (unpaired) electrons. The summed E-state index contributed by atoms with van der Waals surface area (Å²) in [5.41, 5.74) is 6.88. The molecule has 94 valence electrons. The summed E-state index contributed by atoms with van der Waals surface area (Å²) in [6, 6.07) is 0. The zero-order valence-corrected chi connectivity index (χ0v) is 10.4. The summed E-state index contributed by atoms with van der Waals surface area (Å²) >= 11 is 0. The Morgan fingerprint density at radius 1 is 1.41 bits per heavy atom. The first-order chi connectivity index (χ1) is 8.22. The van der Waals surface area contributed by atoms with Crippen LogP contribution in [0, 0.1) is 0 Å². The second-order valence-electron chi connectivity index (χ2n) is 4.22. The first-order valence-corrected chi connectivity index (χ1v) is 5.82. The van der Waals surface area contributed by atoms with E-state index in [0.29, 0.717) is 12.4 Å². The van der Waals surface area contributed by atoms with Gasteiger partial charge in [0.25, 0.3) is 0 Å². The number of nitrogens with two attached hydrogens (primary N) is 1. The van der Waals surface area contributed by atoms with E-state index in [1.54, 1.807) is 12.2 Å². The van der Waals surface area contributed by atoms with Gasteiger partial charge in [0.1, 0.15) is 18.0 Å². The standard InChI is InChI=1S/C11H19N5O/c1-15(17-2)7-9-10(12)13-8-14-11(9)16-5-3-4-6-16/h8H,3-7H2,1-2H3,(H2,12,13,14). The lowest BCUT2D eigenvalue weighted by atomic mass is 10.2. The first kappa shape index (κ1) is 12.1. The van der Waals surface area contributed by atoms with Gasteiger partial charge in [-0.15, -0.1) is 0 Å². The molecule has 1 saturated heterocycles. The monoisotopic (exact) mass is 237 g/mol. The Labute approximate surface area is 101 Å². The minimum absolute atomic E-state index is 0.533. The van der Waals surface area contributed by atoms with Crippen LogP contribution >= 0.6 is 0 Å². The molecule has 17 heavy (non-hydrogen) atoms. The fourth-order valence-electron chi connectivity index (χ4n) is 2.06. The van der Waals surface area contributed by atoms with Gasteiger partial charge in [-0.25, -0.2) is 9.97 Å². The fraction of sp³-hybridized carbons (Fsp3) is 0.636. The Kier molecular flexibility index (Phi) is 3.75. The van der Waals surface area contributed by atoms with Crippen molar-refractivity contribution in [2.24, 2.45) is 0 Å². The number of aromatic nitrogens is 2. The maximum atomic E-state index is 5.93. The lowest BCUT2D eigenvalue weighted by Crippen LogP contribution is -2.25. The Morgan fingerprint density at radius 2 is 2.12 bits per heavy atom. The highest BCUT2D eigenvalue weighted by Crippen LogP contribution is 2.25. The van der Waals surface area contributed by atoms with E-state index in [2.05, 4.69) is 14.9 Å². The molecule has 1 fully saturated rings. The van der Waals surface area contributed by atoms with Crippen molar-refractivity contribution in [2.75, 3.05) is 37.9 Å². The van der Waals surface area contributed by atoms with Crippen molar-refractivity contribution in [3.05, 3.63) is 11.9 Å². The Balaban J connectivity index is 2.27. The highest BCUT2D eigenvalue weighted by molar-refractivity contribution is 5.56. The molecule has 0 atom stereocenters. The van der Waals surface area contributed by atoms with Gasteiger partial charge in [-0.1, -0.05) is 0 Å². The number of hydrogen-bond donors (Lipinski definition) is 1. The zero-order chi connectivity index (χ0) is 12.3. The van der Waals surface area contributed by atoms with Crippen molar-refractivity contribution in [3.63, 3.8) is 0 Å². The van der Waals surface area contributed by atoms with Crippen LogP contribution in [0.2, 0.25) is 0 Å². The molecular formula is C11H19N5O. The maximum Gasteiger partial charge on any atom is 0.138 e. The number of rotatable bonds is 4. The minimum atomic E-state index is 0.533. The van der Waals surface area contributed by atoms with Crippen molar-refractivity contribution < 1.29 is 4.84 Å². The smallest absolute Gasteiger partial charge is 0.138 e. The van der Waals surface area contributed by atoms with E-state index in [1.807, 2.05) is 7.05 Å². The molecule has 1 aromatic heterocycles. The third-order valence-electron chi connectivity index (χ3n) is 3.05. The van der Waals surface area contributed by atoms with Crippen LogP contribution in [0.1, 0.15) is 18.4 Å². The van der Waals surface area contributed by atoms with Gasteiger partial charge in [0, 0.05) is 20.1 Å². The lowest BCUT2D eigenvalue weighted by Gasteiger charge is -2.22. The van der Waals surface area contributed by atoms with Gasteiger partial charge >= 0.3 is 0 Å². The Bertz CT molecular complexity index is 378. The molecule has 0 spiro atoms. The fourth-order valence-corrected chi connectivity index (χ4v) is 2.06. The second kappa shape index (κ2) is 5.29. The molecule has 6 nitrogen and oxygen atoms in total. The maximum absolute atomic E-state index is 5.93. The molecule has 2 rings (SSSR count). The van der Waals surface area contributed by atoms with Crippen LogP contribution in [0.15, 0.2) is 6.33 Å². The number of anilines is 2. The van der Waals surface area contributed by atoms with Gasteiger partial charge in [-0.2, -0.15) is 5.06 Å². The minimum Gasteiger partial charge on any atom is -0.383 e. The van der Waals surface area contributed by atoms with E-state index in [1.165, 1.54) is 19.2 Å². The third kappa shape index (κ3) is 2.65. The van der Waals surface area contributed by atoms with Gasteiger partial charge in [0.2, 0.25) is 0 Å². The van der Waals surface area contributed by atoms with E-state index in [9.17, 15) is 0 Å². The highest BCUT2D eigenvalue weighted by atomic mass is 16.7. The van der Waals surface area contributed by atoms with Crippen LogP contribution < -0.4 is 10.6 Å². The Morgan fingerprint density at radius 3 is 2.76 bits per heavy atom. The third-order valence-corrected chi connectivity index (χ3v) is 3.05. The second-order valence-corrected chi connectivity index (χ2v) is 4.22. The van der Waals surface area contributed by atoms with Crippen molar-refractivity contribution in [1.29, 1.82) is 0 Å². The summed E-state index contributed by atoms with van der Waals surface area (Å²) in [6.45, 7) is 2.68. The van der Waals surface area contributed by atoms with E-state index in [-0.39, 0.29) is 0 Å². The average molecular weight is 237 g/mol. The molecule has 0 amide bonds. The quantitative estimate of drug-likeness (QED) is 0.776. The number of nitrogens with zero attached hydrogens (tertiary/aromatic N) is 4. The topological polar surface area (TPSA) is 67.5 Å². The van der Waals surface area contributed by atoms with Gasteiger partial charge in [-0.3, -0.25) is 0 Å². The Hall–Kier alpha value is -1.40. The molecule has 2 heterocycles. The van der Waals surface area contributed by atoms with Crippen molar-refractivity contribution in [3.8, 4) is 0 Å². The first-order valence-electron chi connectivity index (χ1n) is 5.82. The largest absolute Gasteiger partial charge is 0.383 e. The number of hydroxylamine groups is 2. The molecule has 0 bridgehead atoms. The van der Waals surface area contributed by atoms with Gasteiger partial charge in [0.05, 0.1) is 19.2 Å². The van der Waals surface area contributed by atoms with E-state index >= 15 is 0 Å². The van der Waals surface area contributed by atoms with E-state index in [0.717, 1.165) is 24.5 Å². The molecule has 1 aliphatic rings. The average Bonchev–Trinajstić information content (AvgIpc) is 2.85. The van der Waals surface area contributed by atoms with Crippen LogP contribution in [-0.2, 0) is 11.4 Å². The van der Waals surface area contributed by atoms with Gasteiger partial charge < -0.3 is 15.5 Å². The molecule has 0 aromatic carbocycles. The molecule has 0 aliphatic carbocycles. The number of hydrogen-bond acceptors (Lipinski definition) is 6. The normalized spacial score (nSPS) is 15.8. The lowest BCUT2D eigenvalue weighted by molar-refractivity contribution is -0.116. The van der Waals surface area contributed by atoms with Crippen LogP contribution in [0.3, 0.4) is 0 Å². The molecule has 6 heteroatoms. The van der Waals surface area contributed by atoms with Crippen LogP contribution in [0.25, 0.3) is 0 Å². The predicted octanol–water partition coefficient (Wildman–Crippen LogP) is 0.652. The molecule has 0 unspecified atom stereocenters. The SMILES string of the molecule is CON(C)Cc1c(N)ncnc1N1CCCC1. The molecule has 2 N–H and O–H groups in total. The van der Waals surface area contributed by atoms with Crippen LogP contribution in [-0.4, -0.2) is 42.3 Å². The highest BCUT2D eigenvalue weighted by Gasteiger charge is 2.20. The summed E-state index contributed by atoms with van der Waals surface area (Å²) in [5.74, 6) is 1.48. The molecule has 0 saturated carbocycles. The number of nitrogen functional groups attached to an aromatic ring is 1. The van der Waals surface area contributed by atoms with Crippen LogP contribution in [0.4, 0.5) is 11.6 Å². The summed E-state index contributed by atoms with van der Waals surface area (Å²) in [5, 5.41) is 1.72.